The number of hydrogen-bond acceptors (Lipinski definition) is 3. The third kappa shape index (κ3) is 3.87. The van der Waals surface area contributed by atoms with Crippen LogP contribution in [0.25, 0.3) is 10.9 Å². The van der Waals surface area contributed by atoms with E-state index in [1.807, 2.05) is 51.1 Å². The van der Waals surface area contributed by atoms with Crippen molar-refractivity contribution in [1.29, 1.82) is 0 Å². The van der Waals surface area contributed by atoms with E-state index >= 15 is 0 Å². The maximum absolute atomic E-state index is 12.7. The summed E-state index contributed by atoms with van der Waals surface area (Å²) in [6.45, 7) is 7.00. The highest BCUT2D eigenvalue weighted by Gasteiger charge is 2.30. The number of aromatic nitrogens is 1. The molecule has 0 saturated carbocycles. The number of carbonyl (C=O) groups excluding carboxylic acids is 3. The lowest BCUT2D eigenvalue weighted by molar-refractivity contribution is -0.147. The first-order valence-corrected chi connectivity index (χ1v) is 8.73. The van der Waals surface area contributed by atoms with Crippen molar-refractivity contribution in [3.8, 4) is 0 Å². The van der Waals surface area contributed by atoms with Gasteiger partial charge in [-0.1, -0.05) is 18.2 Å². The monoisotopic (exact) mass is 356 g/mol. The van der Waals surface area contributed by atoms with E-state index in [0.29, 0.717) is 31.9 Å². The fourth-order valence-electron chi connectivity index (χ4n) is 3.01. The molecule has 138 valence electrons. The van der Waals surface area contributed by atoms with Gasteiger partial charge in [-0.2, -0.15) is 0 Å². The number of para-hydroxylation sites is 1. The van der Waals surface area contributed by atoms with Crippen LogP contribution in [0.5, 0.6) is 0 Å². The molecule has 1 aliphatic rings. The van der Waals surface area contributed by atoms with Gasteiger partial charge in [-0.25, -0.2) is 0 Å². The zero-order valence-electron chi connectivity index (χ0n) is 15.3. The van der Waals surface area contributed by atoms with Crippen molar-refractivity contribution in [1.82, 2.24) is 20.1 Å². The first-order chi connectivity index (χ1) is 12.2. The van der Waals surface area contributed by atoms with Gasteiger partial charge in [0.2, 0.25) is 0 Å². The van der Waals surface area contributed by atoms with Crippen LogP contribution in [0.4, 0.5) is 0 Å². The van der Waals surface area contributed by atoms with Gasteiger partial charge in [0.25, 0.3) is 5.91 Å². The smallest absolute Gasteiger partial charge is 0.312 e. The Bertz CT molecular complexity index is 809. The molecule has 1 aromatic heterocycles. The van der Waals surface area contributed by atoms with Crippen molar-refractivity contribution in [2.45, 2.75) is 26.3 Å². The summed E-state index contributed by atoms with van der Waals surface area (Å²) in [5, 5.41) is 3.66. The Balaban J connectivity index is 1.60. The van der Waals surface area contributed by atoms with Gasteiger partial charge < -0.3 is 20.1 Å². The highest BCUT2D eigenvalue weighted by molar-refractivity contribution is 6.35. The van der Waals surface area contributed by atoms with E-state index in [4.69, 9.17) is 0 Å². The molecule has 0 spiro atoms. The second-order valence-electron chi connectivity index (χ2n) is 7.56. The fraction of sp³-hybridized carbons (Fsp3) is 0.421. The number of rotatable bonds is 1. The molecule has 1 saturated heterocycles. The third-order valence-corrected chi connectivity index (χ3v) is 4.30. The summed E-state index contributed by atoms with van der Waals surface area (Å²) in [5.74, 6) is -1.24. The molecule has 0 bridgehead atoms. The van der Waals surface area contributed by atoms with Crippen molar-refractivity contribution >= 4 is 28.6 Å². The van der Waals surface area contributed by atoms with Crippen LogP contribution in [-0.2, 0) is 9.59 Å². The van der Waals surface area contributed by atoms with E-state index in [1.165, 1.54) is 4.90 Å². The first kappa shape index (κ1) is 18.0. The Hall–Kier alpha value is -2.83. The topological polar surface area (TPSA) is 85.5 Å². The van der Waals surface area contributed by atoms with Crippen LogP contribution < -0.4 is 5.32 Å². The Morgan fingerprint density at radius 1 is 1.00 bits per heavy atom. The van der Waals surface area contributed by atoms with Crippen LogP contribution in [0, 0.1) is 0 Å². The van der Waals surface area contributed by atoms with E-state index in [0.717, 1.165) is 10.9 Å². The summed E-state index contributed by atoms with van der Waals surface area (Å²) < 4.78 is 0. The number of hydrogen-bond donors (Lipinski definition) is 2. The van der Waals surface area contributed by atoms with Gasteiger partial charge in [-0.15, -0.1) is 0 Å². The first-order valence-electron chi connectivity index (χ1n) is 8.73. The number of aromatic amines is 1. The zero-order valence-corrected chi connectivity index (χ0v) is 15.3. The standard InChI is InChI=1S/C19H24N4O3/c1-19(2,3)21-16(24)18(26)23-10-8-22(9-11-23)17(25)15-12-13-6-4-5-7-14(13)20-15/h4-7,12,20H,8-11H2,1-3H3,(H,21,24). The Morgan fingerprint density at radius 2 is 1.62 bits per heavy atom. The minimum Gasteiger partial charge on any atom is -0.351 e. The van der Waals surface area contributed by atoms with Crippen molar-refractivity contribution in [2.24, 2.45) is 0 Å². The summed E-state index contributed by atoms with van der Waals surface area (Å²) in [7, 11) is 0. The molecule has 0 unspecified atom stereocenters. The van der Waals surface area contributed by atoms with Gasteiger partial charge in [0.1, 0.15) is 5.69 Å². The predicted octanol–water partition coefficient (Wildman–Crippen LogP) is 1.37. The predicted molar refractivity (Wildman–Crippen MR) is 98.7 cm³/mol. The largest absolute Gasteiger partial charge is 0.351 e. The van der Waals surface area contributed by atoms with E-state index < -0.39 is 17.4 Å². The maximum Gasteiger partial charge on any atom is 0.312 e. The number of carbonyl (C=O) groups is 3. The zero-order chi connectivity index (χ0) is 18.9. The molecule has 2 N–H and O–H groups in total. The lowest BCUT2D eigenvalue weighted by atomic mass is 10.1. The van der Waals surface area contributed by atoms with Crippen LogP contribution in [0.2, 0.25) is 0 Å². The third-order valence-electron chi connectivity index (χ3n) is 4.30. The number of nitrogens with zero attached hydrogens (tertiary/aromatic N) is 2. The Morgan fingerprint density at radius 3 is 2.23 bits per heavy atom. The molecule has 2 heterocycles. The van der Waals surface area contributed by atoms with Gasteiger partial charge in [0.05, 0.1) is 0 Å². The van der Waals surface area contributed by atoms with Crippen LogP contribution in [-0.4, -0.2) is 64.2 Å². The average Bonchev–Trinajstić information content (AvgIpc) is 3.03. The van der Waals surface area contributed by atoms with Crippen molar-refractivity contribution in [3.63, 3.8) is 0 Å². The number of piperazine rings is 1. The molecular formula is C19H24N4O3. The van der Waals surface area contributed by atoms with Gasteiger partial charge >= 0.3 is 11.8 Å². The molecule has 7 nitrogen and oxygen atoms in total. The highest BCUT2D eigenvalue weighted by Crippen LogP contribution is 2.17. The number of amides is 3. The van der Waals surface area contributed by atoms with Crippen LogP contribution in [0.15, 0.2) is 30.3 Å². The minimum absolute atomic E-state index is 0.0903. The van der Waals surface area contributed by atoms with E-state index in [1.54, 1.807) is 4.90 Å². The highest BCUT2D eigenvalue weighted by atomic mass is 16.2. The lowest BCUT2D eigenvalue weighted by Crippen LogP contribution is -2.55. The van der Waals surface area contributed by atoms with Crippen LogP contribution in [0.1, 0.15) is 31.3 Å². The molecule has 1 aromatic carbocycles. The Kier molecular flexibility index (Phi) is 4.71. The fourth-order valence-corrected chi connectivity index (χ4v) is 3.01. The van der Waals surface area contributed by atoms with Crippen LogP contribution >= 0.6 is 0 Å². The maximum atomic E-state index is 12.7. The molecule has 1 aliphatic heterocycles. The number of nitrogens with one attached hydrogen (secondary N) is 2. The lowest BCUT2D eigenvalue weighted by Gasteiger charge is -2.34. The van der Waals surface area contributed by atoms with Crippen LogP contribution in [0.3, 0.4) is 0 Å². The Labute approximate surface area is 152 Å². The number of H-pyrrole nitrogens is 1. The summed E-state index contributed by atoms with van der Waals surface area (Å²) in [5.41, 5.74) is 1.00. The van der Waals surface area contributed by atoms with Gasteiger partial charge in [0, 0.05) is 42.6 Å². The molecule has 3 amide bonds. The molecule has 3 rings (SSSR count). The molecular weight excluding hydrogens is 332 g/mol. The number of fused-ring (bicyclic) bond motifs is 1. The number of benzene rings is 1. The second kappa shape index (κ2) is 6.82. The van der Waals surface area contributed by atoms with E-state index in [2.05, 4.69) is 10.3 Å². The van der Waals surface area contributed by atoms with Gasteiger partial charge in [-0.3, -0.25) is 14.4 Å². The summed E-state index contributed by atoms with van der Waals surface area (Å²) in [6, 6.07) is 9.56. The van der Waals surface area contributed by atoms with Crippen molar-refractivity contribution < 1.29 is 14.4 Å². The van der Waals surface area contributed by atoms with Crippen molar-refractivity contribution in [2.75, 3.05) is 26.2 Å². The molecule has 0 atom stereocenters. The van der Waals surface area contributed by atoms with Gasteiger partial charge in [0.15, 0.2) is 0 Å². The minimum atomic E-state index is -0.604. The molecule has 2 aromatic rings. The SMILES string of the molecule is CC(C)(C)NC(=O)C(=O)N1CCN(C(=O)c2cc3ccccc3[nH]2)CC1. The molecule has 7 heteroatoms. The summed E-state index contributed by atoms with van der Waals surface area (Å²) >= 11 is 0. The quantitative estimate of drug-likeness (QED) is 0.757. The van der Waals surface area contributed by atoms with E-state index in [-0.39, 0.29) is 5.91 Å². The summed E-state index contributed by atoms with van der Waals surface area (Å²) in [6.07, 6.45) is 0. The van der Waals surface area contributed by atoms with E-state index in [9.17, 15) is 14.4 Å². The molecule has 0 aliphatic carbocycles. The molecule has 0 radical (unpaired) electrons. The molecule has 1 fully saturated rings. The second-order valence-corrected chi connectivity index (χ2v) is 7.56. The normalized spacial score (nSPS) is 15.2. The molecule has 26 heavy (non-hydrogen) atoms. The summed E-state index contributed by atoms with van der Waals surface area (Å²) in [4.78, 5) is 43.3. The average molecular weight is 356 g/mol. The van der Waals surface area contributed by atoms with Gasteiger partial charge in [-0.05, 0) is 32.9 Å². The van der Waals surface area contributed by atoms with Crippen molar-refractivity contribution in [3.05, 3.63) is 36.0 Å².